The molecule has 76 valence electrons. The topological polar surface area (TPSA) is 32.7 Å². The third kappa shape index (κ3) is 2.83. The van der Waals surface area contributed by atoms with Crippen molar-refractivity contribution in [1.82, 2.24) is 4.90 Å². The van der Waals surface area contributed by atoms with Gasteiger partial charge in [-0.2, -0.15) is 0 Å². The van der Waals surface area contributed by atoms with Gasteiger partial charge in [0.15, 0.2) is 0 Å². The average molecular weight is 192 g/mol. The van der Waals surface area contributed by atoms with Crippen LogP contribution in [0.5, 0.6) is 0 Å². The molecule has 0 atom stereocenters. The summed E-state index contributed by atoms with van der Waals surface area (Å²) in [6.45, 7) is 2.17. The van der Waals surface area contributed by atoms with Gasteiger partial charge in [-0.25, -0.2) is 0 Å². The molecule has 1 aliphatic rings. The predicted octanol–water partition coefficient (Wildman–Crippen LogP) is 3.17. The molecule has 0 unspecified atom stereocenters. The SMILES string of the molecule is CCCCC1=C/C(=C\N=O)N(C)C=C1. The summed E-state index contributed by atoms with van der Waals surface area (Å²) in [4.78, 5) is 12.0. The molecule has 0 fully saturated rings. The van der Waals surface area contributed by atoms with Gasteiger partial charge in [-0.1, -0.05) is 13.3 Å². The molecule has 0 aromatic heterocycles. The molecule has 0 N–H and O–H groups in total. The van der Waals surface area contributed by atoms with Crippen LogP contribution in [-0.4, -0.2) is 11.9 Å². The standard InChI is InChI=1S/C11H16N2O/c1-3-4-5-10-6-7-13(2)11(8-10)9-12-14/h6-9H,3-5H2,1-2H3/b11-9+. The molecular formula is C11H16N2O. The van der Waals surface area contributed by atoms with E-state index in [1.54, 1.807) is 0 Å². The number of likely N-dealkylation sites (N-methyl/N-ethyl adjacent to an activating group) is 1. The summed E-state index contributed by atoms with van der Waals surface area (Å²) in [7, 11) is 1.90. The first-order valence-electron chi connectivity index (χ1n) is 4.92. The van der Waals surface area contributed by atoms with Crippen molar-refractivity contribution >= 4 is 0 Å². The maximum Gasteiger partial charge on any atom is 0.0951 e. The first kappa shape index (κ1) is 10.7. The van der Waals surface area contributed by atoms with Crippen LogP contribution in [0.3, 0.4) is 0 Å². The van der Waals surface area contributed by atoms with Crippen LogP contribution >= 0.6 is 0 Å². The monoisotopic (exact) mass is 192 g/mol. The van der Waals surface area contributed by atoms with E-state index >= 15 is 0 Å². The van der Waals surface area contributed by atoms with E-state index in [0.717, 1.165) is 12.1 Å². The zero-order valence-electron chi connectivity index (χ0n) is 8.73. The van der Waals surface area contributed by atoms with Gasteiger partial charge in [0.2, 0.25) is 0 Å². The fraction of sp³-hybridized carbons (Fsp3) is 0.455. The number of nitroso groups, excluding NO2 is 1. The molecule has 0 radical (unpaired) electrons. The van der Waals surface area contributed by atoms with Crippen LogP contribution in [0.25, 0.3) is 0 Å². The van der Waals surface area contributed by atoms with E-state index in [9.17, 15) is 4.91 Å². The molecule has 3 nitrogen and oxygen atoms in total. The van der Waals surface area contributed by atoms with Crippen molar-refractivity contribution in [2.24, 2.45) is 5.18 Å². The maximum atomic E-state index is 10.1. The fourth-order valence-electron chi connectivity index (χ4n) is 1.35. The van der Waals surface area contributed by atoms with E-state index in [0.29, 0.717) is 0 Å². The van der Waals surface area contributed by atoms with Gasteiger partial charge in [0.05, 0.1) is 11.9 Å². The zero-order chi connectivity index (χ0) is 10.4. The molecule has 0 saturated heterocycles. The lowest BCUT2D eigenvalue weighted by Gasteiger charge is -2.19. The van der Waals surface area contributed by atoms with Gasteiger partial charge in [-0.05, 0) is 35.7 Å². The fourth-order valence-corrected chi connectivity index (χ4v) is 1.35. The predicted molar refractivity (Wildman–Crippen MR) is 58.4 cm³/mol. The Labute approximate surface area is 84.8 Å². The minimum atomic E-state index is 0.855. The minimum absolute atomic E-state index is 0.855. The van der Waals surface area contributed by atoms with Crippen molar-refractivity contribution in [2.75, 3.05) is 7.05 Å². The van der Waals surface area contributed by atoms with Gasteiger partial charge >= 0.3 is 0 Å². The second kappa shape index (κ2) is 5.37. The quantitative estimate of drug-likeness (QED) is 0.641. The van der Waals surface area contributed by atoms with Crippen LogP contribution < -0.4 is 0 Å². The Morgan fingerprint density at radius 3 is 3.00 bits per heavy atom. The van der Waals surface area contributed by atoms with Crippen molar-refractivity contribution in [3.8, 4) is 0 Å². The second-order valence-electron chi connectivity index (χ2n) is 3.41. The molecule has 0 saturated carbocycles. The Morgan fingerprint density at radius 1 is 1.57 bits per heavy atom. The lowest BCUT2D eigenvalue weighted by molar-refractivity contribution is 0.576. The highest BCUT2D eigenvalue weighted by atomic mass is 16.2. The van der Waals surface area contributed by atoms with E-state index in [4.69, 9.17) is 0 Å². The molecule has 0 aromatic rings. The maximum absolute atomic E-state index is 10.1. The molecule has 14 heavy (non-hydrogen) atoms. The third-order valence-electron chi connectivity index (χ3n) is 2.26. The summed E-state index contributed by atoms with van der Waals surface area (Å²) >= 11 is 0. The summed E-state index contributed by atoms with van der Waals surface area (Å²) in [6.07, 6.45) is 10.8. The molecule has 0 amide bonds. The van der Waals surface area contributed by atoms with Crippen molar-refractivity contribution in [1.29, 1.82) is 0 Å². The number of allylic oxidation sites excluding steroid dienone is 3. The lowest BCUT2D eigenvalue weighted by atomic mass is 10.1. The number of hydrogen-bond acceptors (Lipinski definition) is 3. The van der Waals surface area contributed by atoms with Gasteiger partial charge in [0.25, 0.3) is 0 Å². The van der Waals surface area contributed by atoms with Crippen LogP contribution in [-0.2, 0) is 0 Å². The lowest BCUT2D eigenvalue weighted by Crippen LogP contribution is -2.11. The molecule has 0 spiro atoms. The van der Waals surface area contributed by atoms with Crippen molar-refractivity contribution in [3.05, 3.63) is 40.7 Å². The van der Waals surface area contributed by atoms with Gasteiger partial charge in [-0.3, -0.25) is 0 Å². The third-order valence-corrected chi connectivity index (χ3v) is 2.26. The average Bonchev–Trinajstić information content (AvgIpc) is 2.19. The van der Waals surface area contributed by atoms with Crippen molar-refractivity contribution in [2.45, 2.75) is 26.2 Å². The van der Waals surface area contributed by atoms with Crippen molar-refractivity contribution in [3.63, 3.8) is 0 Å². The Hall–Kier alpha value is -1.38. The number of unbranched alkanes of at least 4 members (excludes halogenated alkanes) is 1. The van der Waals surface area contributed by atoms with Crippen LogP contribution in [0.15, 0.2) is 41.0 Å². The molecule has 0 bridgehead atoms. The highest BCUT2D eigenvalue weighted by Gasteiger charge is 2.05. The molecule has 1 rings (SSSR count). The molecular weight excluding hydrogens is 176 g/mol. The molecule has 1 aliphatic heterocycles. The molecule has 3 heteroatoms. The van der Waals surface area contributed by atoms with Crippen molar-refractivity contribution < 1.29 is 0 Å². The van der Waals surface area contributed by atoms with Crippen LogP contribution in [0.4, 0.5) is 0 Å². The van der Waals surface area contributed by atoms with Crippen LogP contribution in [0, 0.1) is 4.91 Å². The van der Waals surface area contributed by atoms with E-state index in [-0.39, 0.29) is 0 Å². The van der Waals surface area contributed by atoms with E-state index in [1.165, 1.54) is 24.6 Å². The van der Waals surface area contributed by atoms with E-state index in [1.807, 2.05) is 24.2 Å². The molecule has 1 heterocycles. The number of rotatable bonds is 4. The Morgan fingerprint density at radius 2 is 2.36 bits per heavy atom. The van der Waals surface area contributed by atoms with Crippen LogP contribution in [0.1, 0.15) is 26.2 Å². The number of hydrogen-bond donors (Lipinski definition) is 0. The van der Waals surface area contributed by atoms with Gasteiger partial charge in [0, 0.05) is 13.2 Å². The summed E-state index contributed by atoms with van der Waals surface area (Å²) in [5, 5.41) is 2.79. The normalized spacial score (nSPS) is 18.6. The minimum Gasteiger partial charge on any atom is -0.350 e. The summed E-state index contributed by atoms with van der Waals surface area (Å²) in [5.41, 5.74) is 2.12. The molecule has 0 aliphatic carbocycles. The Kier molecular flexibility index (Phi) is 4.11. The largest absolute Gasteiger partial charge is 0.350 e. The van der Waals surface area contributed by atoms with Gasteiger partial charge in [0.1, 0.15) is 0 Å². The summed E-state index contributed by atoms with van der Waals surface area (Å²) in [6, 6.07) is 0. The number of nitrogens with zero attached hydrogens (tertiary/aromatic N) is 2. The Bertz CT molecular complexity index is 290. The summed E-state index contributed by atoms with van der Waals surface area (Å²) < 4.78 is 0. The smallest absolute Gasteiger partial charge is 0.0951 e. The highest BCUT2D eigenvalue weighted by Crippen LogP contribution is 2.19. The second-order valence-corrected chi connectivity index (χ2v) is 3.41. The van der Waals surface area contributed by atoms with E-state index < -0.39 is 0 Å². The zero-order valence-corrected chi connectivity index (χ0v) is 8.73. The van der Waals surface area contributed by atoms with Gasteiger partial charge < -0.3 is 4.90 Å². The van der Waals surface area contributed by atoms with E-state index in [2.05, 4.69) is 18.2 Å². The Balaban J connectivity index is 2.69. The summed E-state index contributed by atoms with van der Waals surface area (Å²) in [5.74, 6) is 0. The highest BCUT2D eigenvalue weighted by molar-refractivity contribution is 5.34. The first-order chi connectivity index (χ1) is 6.77. The van der Waals surface area contributed by atoms with Gasteiger partial charge in [-0.15, -0.1) is 4.91 Å². The molecule has 0 aromatic carbocycles. The van der Waals surface area contributed by atoms with Crippen LogP contribution in [0.2, 0.25) is 0 Å². The first-order valence-corrected chi connectivity index (χ1v) is 4.92.